The van der Waals surface area contributed by atoms with Crippen molar-refractivity contribution < 1.29 is 4.39 Å². The van der Waals surface area contributed by atoms with Gasteiger partial charge in [-0.25, -0.2) is 9.37 Å². The molecule has 0 unspecified atom stereocenters. The Morgan fingerprint density at radius 2 is 2.05 bits per heavy atom. The zero-order chi connectivity index (χ0) is 14.3. The molecule has 0 aliphatic heterocycles. The van der Waals surface area contributed by atoms with E-state index in [1.165, 1.54) is 18.9 Å². The van der Waals surface area contributed by atoms with E-state index in [1.807, 2.05) is 6.07 Å². The molecule has 20 heavy (non-hydrogen) atoms. The first kappa shape index (κ1) is 13.9. The summed E-state index contributed by atoms with van der Waals surface area (Å²) in [6, 6.07) is 5.55. The third-order valence-corrected chi connectivity index (χ3v) is 4.78. The molecule has 2 nitrogen and oxygen atoms in total. The number of alkyl halides is 1. The molecule has 1 heterocycles. The zero-order valence-corrected chi connectivity index (χ0v) is 12.8. The van der Waals surface area contributed by atoms with Crippen LogP contribution in [0.3, 0.4) is 0 Å². The Balaban J connectivity index is 2.04. The second kappa shape index (κ2) is 5.03. The van der Waals surface area contributed by atoms with E-state index in [0.29, 0.717) is 22.9 Å². The molecule has 3 rings (SSSR count). The normalized spacial score (nSPS) is 19.6. The Hall–Kier alpha value is -1.09. The molecule has 1 aliphatic rings. The Kier molecular flexibility index (Phi) is 3.49. The van der Waals surface area contributed by atoms with Gasteiger partial charge in [-0.15, -0.1) is 11.6 Å². The van der Waals surface area contributed by atoms with Gasteiger partial charge in [0.25, 0.3) is 0 Å². The van der Waals surface area contributed by atoms with Crippen molar-refractivity contribution in [3.05, 3.63) is 29.8 Å². The SMILES string of the molecule is CC1(C)CCC(n2c(CCl)nc3c(F)cccc32)CC1. The van der Waals surface area contributed by atoms with Crippen LogP contribution in [0.5, 0.6) is 0 Å². The summed E-state index contributed by atoms with van der Waals surface area (Å²) in [4.78, 5) is 4.40. The number of nitrogens with zero attached hydrogens (tertiary/aromatic N) is 2. The molecular weight excluding hydrogens is 275 g/mol. The summed E-state index contributed by atoms with van der Waals surface area (Å²) in [5.41, 5.74) is 1.75. The van der Waals surface area contributed by atoms with Gasteiger partial charge in [-0.2, -0.15) is 0 Å². The number of halogens is 2. The molecule has 0 saturated heterocycles. The van der Waals surface area contributed by atoms with Crippen LogP contribution < -0.4 is 0 Å². The van der Waals surface area contributed by atoms with Crippen LogP contribution >= 0.6 is 11.6 Å². The van der Waals surface area contributed by atoms with Crippen LogP contribution in [0.4, 0.5) is 4.39 Å². The highest BCUT2D eigenvalue weighted by molar-refractivity contribution is 6.16. The van der Waals surface area contributed by atoms with E-state index < -0.39 is 0 Å². The summed E-state index contributed by atoms with van der Waals surface area (Å²) in [5, 5.41) is 0. The van der Waals surface area contributed by atoms with E-state index in [9.17, 15) is 4.39 Å². The van der Waals surface area contributed by atoms with Crippen LogP contribution in [0.15, 0.2) is 18.2 Å². The largest absolute Gasteiger partial charge is 0.324 e. The van der Waals surface area contributed by atoms with Gasteiger partial charge in [-0.3, -0.25) is 0 Å². The maximum Gasteiger partial charge on any atom is 0.151 e. The molecule has 0 spiro atoms. The standard InChI is InChI=1S/C16H20ClFN2/c1-16(2)8-6-11(7-9-16)20-13-5-3-4-12(18)15(13)19-14(20)10-17/h3-5,11H,6-10H2,1-2H3. The molecule has 1 aliphatic carbocycles. The number of imidazole rings is 1. The molecule has 0 atom stereocenters. The topological polar surface area (TPSA) is 17.8 Å². The second-order valence-corrected chi connectivity index (χ2v) is 6.80. The van der Waals surface area contributed by atoms with E-state index in [4.69, 9.17) is 11.6 Å². The Morgan fingerprint density at radius 1 is 1.35 bits per heavy atom. The molecule has 1 aromatic carbocycles. The quantitative estimate of drug-likeness (QED) is 0.708. The summed E-state index contributed by atoms with van der Waals surface area (Å²) in [7, 11) is 0. The van der Waals surface area contributed by atoms with Gasteiger partial charge in [-0.1, -0.05) is 19.9 Å². The van der Waals surface area contributed by atoms with Gasteiger partial charge in [0.15, 0.2) is 5.82 Å². The average molecular weight is 295 g/mol. The van der Waals surface area contributed by atoms with Crippen LogP contribution in [-0.4, -0.2) is 9.55 Å². The van der Waals surface area contributed by atoms with Crippen LogP contribution in [0.1, 0.15) is 51.4 Å². The van der Waals surface area contributed by atoms with Gasteiger partial charge in [0.05, 0.1) is 11.4 Å². The number of hydrogen-bond donors (Lipinski definition) is 0. The highest BCUT2D eigenvalue weighted by Crippen LogP contribution is 2.41. The van der Waals surface area contributed by atoms with Crippen LogP contribution in [0, 0.1) is 11.2 Å². The fraction of sp³-hybridized carbons (Fsp3) is 0.562. The lowest BCUT2D eigenvalue weighted by Gasteiger charge is -2.35. The predicted octanol–water partition coefficient (Wildman–Crippen LogP) is 5.06. The smallest absolute Gasteiger partial charge is 0.151 e. The molecule has 0 radical (unpaired) electrons. The predicted molar refractivity (Wildman–Crippen MR) is 80.5 cm³/mol. The molecule has 1 aromatic heterocycles. The molecule has 4 heteroatoms. The summed E-state index contributed by atoms with van der Waals surface area (Å²) >= 11 is 6.03. The molecule has 0 N–H and O–H groups in total. The maximum atomic E-state index is 13.9. The molecule has 108 valence electrons. The van der Waals surface area contributed by atoms with Gasteiger partial charge in [0, 0.05) is 6.04 Å². The van der Waals surface area contributed by atoms with Crippen molar-refractivity contribution in [1.82, 2.24) is 9.55 Å². The van der Waals surface area contributed by atoms with Gasteiger partial charge in [0.1, 0.15) is 11.3 Å². The molecule has 0 amide bonds. The van der Waals surface area contributed by atoms with Gasteiger partial charge < -0.3 is 4.57 Å². The first-order valence-electron chi connectivity index (χ1n) is 7.23. The summed E-state index contributed by atoms with van der Waals surface area (Å²) in [5.74, 6) is 0.855. The van der Waals surface area contributed by atoms with E-state index in [1.54, 1.807) is 6.07 Å². The van der Waals surface area contributed by atoms with Gasteiger partial charge >= 0.3 is 0 Å². The molecule has 0 bridgehead atoms. The second-order valence-electron chi connectivity index (χ2n) is 6.53. The fourth-order valence-electron chi connectivity index (χ4n) is 3.27. The molecule has 1 saturated carbocycles. The van der Waals surface area contributed by atoms with E-state index >= 15 is 0 Å². The maximum absolute atomic E-state index is 13.9. The third-order valence-electron chi connectivity index (χ3n) is 4.54. The first-order valence-corrected chi connectivity index (χ1v) is 7.76. The van der Waals surface area contributed by atoms with Crippen LogP contribution in [0.2, 0.25) is 0 Å². The van der Waals surface area contributed by atoms with E-state index in [0.717, 1.165) is 24.2 Å². The minimum absolute atomic E-state index is 0.260. The van der Waals surface area contributed by atoms with Crippen molar-refractivity contribution in [1.29, 1.82) is 0 Å². The number of hydrogen-bond acceptors (Lipinski definition) is 1. The monoisotopic (exact) mass is 294 g/mol. The number of aromatic nitrogens is 2. The van der Waals surface area contributed by atoms with Crippen LogP contribution in [-0.2, 0) is 5.88 Å². The minimum atomic E-state index is -0.260. The number of rotatable bonds is 2. The van der Waals surface area contributed by atoms with Crippen molar-refractivity contribution in [3.63, 3.8) is 0 Å². The van der Waals surface area contributed by atoms with E-state index in [2.05, 4.69) is 23.4 Å². The third kappa shape index (κ3) is 2.32. The Morgan fingerprint density at radius 3 is 2.70 bits per heavy atom. The molecular formula is C16H20ClFN2. The first-order chi connectivity index (χ1) is 9.52. The van der Waals surface area contributed by atoms with Gasteiger partial charge in [-0.05, 0) is 43.2 Å². The van der Waals surface area contributed by atoms with Crippen molar-refractivity contribution >= 4 is 22.6 Å². The van der Waals surface area contributed by atoms with Gasteiger partial charge in [0.2, 0.25) is 0 Å². The summed E-state index contributed by atoms with van der Waals surface area (Å²) < 4.78 is 16.1. The highest BCUT2D eigenvalue weighted by atomic mass is 35.5. The van der Waals surface area contributed by atoms with Crippen molar-refractivity contribution in [2.24, 2.45) is 5.41 Å². The fourth-order valence-corrected chi connectivity index (χ4v) is 3.46. The summed E-state index contributed by atoms with van der Waals surface area (Å²) in [6.07, 6.45) is 4.60. The molecule has 2 aromatic rings. The van der Waals surface area contributed by atoms with Crippen molar-refractivity contribution in [3.8, 4) is 0 Å². The Bertz CT molecular complexity index is 623. The highest BCUT2D eigenvalue weighted by Gasteiger charge is 2.29. The van der Waals surface area contributed by atoms with Crippen molar-refractivity contribution in [2.75, 3.05) is 0 Å². The number of fused-ring (bicyclic) bond motifs is 1. The Labute approximate surface area is 123 Å². The number of benzene rings is 1. The average Bonchev–Trinajstić information content (AvgIpc) is 2.79. The van der Waals surface area contributed by atoms with Crippen LogP contribution in [0.25, 0.3) is 11.0 Å². The lowest BCUT2D eigenvalue weighted by Crippen LogP contribution is -2.24. The number of para-hydroxylation sites is 1. The zero-order valence-electron chi connectivity index (χ0n) is 12.0. The lowest BCUT2D eigenvalue weighted by atomic mass is 9.75. The lowest BCUT2D eigenvalue weighted by molar-refractivity contribution is 0.194. The van der Waals surface area contributed by atoms with E-state index in [-0.39, 0.29) is 5.82 Å². The van der Waals surface area contributed by atoms with Crippen molar-refractivity contribution in [2.45, 2.75) is 51.5 Å². The molecule has 1 fully saturated rings. The minimum Gasteiger partial charge on any atom is -0.324 e. The summed E-state index contributed by atoms with van der Waals surface area (Å²) in [6.45, 7) is 4.63.